The van der Waals surface area contributed by atoms with Crippen LogP contribution in [-0.4, -0.2) is 28.7 Å². The third-order valence-corrected chi connectivity index (χ3v) is 5.82. The zero-order valence-electron chi connectivity index (χ0n) is 12.0. The molecule has 122 valence electrons. The summed E-state index contributed by atoms with van der Waals surface area (Å²) in [6.07, 6.45) is 1.39. The lowest BCUT2D eigenvalue weighted by Crippen LogP contribution is -2.55. The first kappa shape index (κ1) is 15.6. The van der Waals surface area contributed by atoms with E-state index >= 15 is 0 Å². The molecule has 1 aromatic heterocycles. The molecule has 0 aliphatic carbocycles. The molecular formula is C15H13BrClF2N3O. The quantitative estimate of drug-likeness (QED) is 0.578. The number of rotatable bonds is 1. The molecular weight excluding hydrogens is 392 g/mol. The molecule has 3 heterocycles. The number of nitrogens with zero attached hydrogens (tertiary/aromatic N) is 2. The van der Waals surface area contributed by atoms with Gasteiger partial charge in [-0.15, -0.1) is 0 Å². The number of fused-ring (bicyclic) bond motifs is 1. The van der Waals surface area contributed by atoms with Gasteiger partial charge >= 0.3 is 6.08 Å². The van der Waals surface area contributed by atoms with Gasteiger partial charge < -0.3 is 10.1 Å². The van der Waals surface area contributed by atoms with Crippen LogP contribution in [0.5, 0.6) is 0 Å². The second-order valence-electron chi connectivity index (χ2n) is 6.03. The Kier molecular flexibility index (Phi) is 3.79. The summed E-state index contributed by atoms with van der Waals surface area (Å²) in [5, 5.41) is 3.89. The molecule has 2 aliphatic heterocycles. The van der Waals surface area contributed by atoms with E-state index < -0.39 is 11.9 Å². The van der Waals surface area contributed by atoms with Crippen molar-refractivity contribution in [1.29, 1.82) is 0 Å². The van der Waals surface area contributed by atoms with Crippen LogP contribution in [0.4, 0.5) is 8.78 Å². The predicted octanol–water partition coefficient (Wildman–Crippen LogP) is 3.91. The van der Waals surface area contributed by atoms with Crippen LogP contribution in [0.25, 0.3) is 10.9 Å². The molecule has 0 bridgehead atoms. The number of hydrogen-bond donors (Lipinski definition) is 1. The van der Waals surface area contributed by atoms with Gasteiger partial charge in [0.05, 0.1) is 20.8 Å². The second kappa shape index (κ2) is 5.58. The standard InChI is InChI=1S/C15H13BrClF2N3O/c16-10-8(17)4-7-12(21-14(19)22-13(7)11(10)18)9-5-15(23-9)2-1-3-20-6-15/h4,9,20H,1-3,5-6H2. The molecule has 8 heteroatoms. The maximum absolute atomic E-state index is 14.3. The van der Waals surface area contributed by atoms with E-state index in [1.54, 1.807) is 6.07 Å². The fraction of sp³-hybridized carbons (Fsp3) is 0.467. The average molecular weight is 405 g/mol. The van der Waals surface area contributed by atoms with Crippen molar-refractivity contribution < 1.29 is 13.5 Å². The molecule has 0 saturated carbocycles. The molecule has 0 amide bonds. The van der Waals surface area contributed by atoms with E-state index in [1.165, 1.54) is 0 Å². The Hall–Kier alpha value is -0.890. The second-order valence-corrected chi connectivity index (χ2v) is 7.23. The first-order valence-electron chi connectivity index (χ1n) is 7.38. The first-order valence-corrected chi connectivity index (χ1v) is 8.55. The van der Waals surface area contributed by atoms with Gasteiger partial charge in [0, 0.05) is 18.4 Å². The van der Waals surface area contributed by atoms with Crippen molar-refractivity contribution >= 4 is 38.4 Å². The molecule has 2 saturated heterocycles. The SMILES string of the molecule is Fc1nc(C2CC3(CCCNC3)O2)c2cc(Cl)c(Br)c(F)c2n1. The number of hydrogen-bond acceptors (Lipinski definition) is 4. The number of aromatic nitrogens is 2. The fourth-order valence-electron chi connectivity index (χ4n) is 3.41. The maximum atomic E-state index is 14.3. The van der Waals surface area contributed by atoms with Crippen molar-refractivity contribution in [3.05, 3.63) is 33.2 Å². The third-order valence-electron chi connectivity index (χ3n) is 4.52. The van der Waals surface area contributed by atoms with Gasteiger partial charge in [-0.3, -0.25) is 0 Å². The van der Waals surface area contributed by atoms with Crippen LogP contribution in [0, 0.1) is 11.9 Å². The van der Waals surface area contributed by atoms with E-state index in [1.807, 2.05) is 0 Å². The van der Waals surface area contributed by atoms with E-state index in [0.717, 1.165) is 32.4 Å². The molecule has 2 atom stereocenters. The number of halogens is 4. The van der Waals surface area contributed by atoms with Gasteiger partial charge in [-0.1, -0.05) is 11.6 Å². The van der Waals surface area contributed by atoms with Gasteiger partial charge in [0.15, 0.2) is 5.82 Å². The summed E-state index contributed by atoms with van der Waals surface area (Å²) in [6, 6.07) is 1.55. The van der Waals surface area contributed by atoms with Crippen LogP contribution >= 0.6 is 27.5 Å². The van der Waals surface area contributed by atoms with Gasteiger partial charge in [0.2, 0.25) is 0 Å². The Morgan fingerprint density at radius 2 is 2.17 bits per heavy atom. The molecule has 2 unspecified atom stereocenters. The van der Waals surface area contributed by atoms with E-state index in [2.05, 4.69) is 31.2 Å². The van der Waals surface area contributed by atoms with Crippen molar-refractivity contribution in [2.24, 2.45) is 0 Å². The van der Waals surface area contributed by atoms with Crippen LogP contribution in [0.2, 0.25) is 5.02 Å². The fourth-order valence-corrected chi connectivity index (χ4v) is 3.90. The van der Waals surface area contributed by atoms with Crippen LogP contribution in [0.1, 0.15) is 31.1 Å². The van der Waals surface area contributed by atoms with Gasteiger partial charge in [-0.2, -0.15) is 9.37 Å². The van der Waals surface area contributed by atoms with Gasteiger partial charge in [-0.05, 0) is 41.4 Å². The van der Waals surface area contributed by atoms with E-state index in [-0.39, 0.29) is 26.7 Å². The minimum absolute atomic E-state index is 0.0678. The molecule has 2 aromatic rings. The Labute approximate surface area is 144 Å². The van der Waals surface area contributed by atoms with Crippen molar-refractivity contribution in [2.75, 3.05) is 13.1 Å². The molecule has 4 nitrogen and oxygen atoms in total. The van der Waals surface area contributed by atoms with Gasteiger partial charge in [0.1, 0.15) is 11.6 Å². The summed E-state index contributed by atoms with van der Waals surface area (Å²) < 4.78 is 34.2. The Morgan fingerprint density at radius 1 is 1.39 bits per heavy atom. The molecule has 23 heavy (non-hydrogen) atoms. The summed E-state index contributed by atoms with van der Waals surface area (Å²) in [6.45, 7) is 1.76. The largest absolute Gasteiger partial charge is 0.364 e. The van der Waals surface area contributed by atoms with Crippen molar-refractivity contribution in [1.82, 2.24) is 15.3 Å². The van der Waals surface area contributed by atoms with Crippen LogP contribution in [0.3, 0.4) is 0 Å². The summed E-state index contributed by atoms with van der Waals surface area (Å²) in [4.78, 5) is 7.42. The topological polar surface area (TPSA) is 47.0 Å². The highest BCUT2D eigenvalue weighted by molar-refractivity contribution is 9.10. The van der Waals surface area contributed by atoms with E-state index in [4.69, 9.17) is 16.3 Å². The van der Waals surface area contributed by atoms with Gasteiger partial charge in [0.25, 0.3) is 0 Å². The lowest BCUT2D eigenvalue weighted by Gasteiger charge is -2.50. The number of piperidine rings is 1. The highest BCUT2D eigenvalue weighted by atomic mass is 79.9. The average Bonchev–Trinajstić information content (AvgIpc) is 2.51. The Balaban J connectivity index is 1.76. The minimum atomic E-state index is -0.966. The molecule has 1 N–H and O–H groups in total. The normalized spacial score (nSPS) is 27.4. The molecule has 4 rings (SSSR count). The van der Waals surface area contributed by atoms with Crippen LogP contribution in [-0.2, 0) is 4.74 Å². The minimum Gasteiger partial charge on any atom is -0.364 e. The van der Waals surface area contributed by atoms with Crippen molar-refractivity contribution in [3.63, 3.8) is 0 Å². The predicted molar refractivity (Wildman–Crippen MR) is 85.4 cm³/mol. The number of nitrogens with one attached hydrogen (secondary N) is 1. The molecule has 0 radical (unpaired) electrons. The van der Waals surface area contributed by atoms with E-state index in [9.17, 15) is 8.78 Å². The van der Waals surface area contributed by atoms with Crippen LogP contribution < -0.4 is 5.32 Å². The zero-order valence-corrected chi connectivity index (χ0v) is 14.3. The smallest absolute Gasteiger partial charge is 0.309 e. The molecule has 1 spiro atoms. The van der Waals surface area contributed by atoms with Crippen molar-refractivity contribution in [2.45, 2.75) is 31.0 Å². The molecule has 2 fully saturated rings. The Morgan fingerprint density at radius 3 is 2.87 bits per heavy atom. The highest BCUT2D eigenvalue weighted by Gasteiger charge is 2.48. The van der Waals surface area contributed by atoms with Gasteiger partial charge in [-0.25, -0.2) is 9.37 Å². The monoisotopic (exact) mass is 403 g/mol. The number of ether oxygens (including phenoxy) is 1. The van der Waals surface area contributed by atoms with E-state index in [0.29, 0.717) is 11.1 Å². The number of benzene rings is 1. The lowest BCUT2D eigenvalue weighted by atomic mass is 9.81. The summed E-state index contributed by atoms with van der Waals surface area (Å²) in [5.74, 6) is -0.691. The Bertz CT molecular complexity index is 790. The maximum Gasteiger partial charge on any atom is 0.309 e. The zero-order chi connectivity index (χ0) is 16.2. The summed E-state index contributed by atoms with van der Waals surface area (Å²) in [7, 11) is 0. The third kappa shape index (κ3) is 2.54. The lowest BCUT2D eigenvalue weighted by molar-refractivity contribution is -0.217. The van der Waals surface area contributed by atoms with Crippen molar-refractivity contribution in [3.8, 4) is 0 Å². The van der Waals surface area contributed by atoms with Crippen LogP contribution in [0.15, 0.2) is 10.5 Å². The summed E-state index contributed by atoms with van der Waals surface area (Å²) >= 11 is 9.07. The molecule has 1 aromatic carbocycles. The molecule has 2 aliphatic rings. The summed E-state index contributed by atoms with van der Waals surface area (Å²) in [5.41, 5.74) is 0.0565. The highest BCUT2D eigenvalue weighted by Crippen LogP contribution is 2.48. The first-order chi connectivity index (χ1) is 11.0.